The summed E-state index contributed by atoms with van der Waals surface area (Å²) in [5.41, 5.74) is 1.29. The number of carbonyl (C=O) groups excluding carboxylic acids is 1. The molecule has 33 heavy (non-hydrogen) atoms. The zero-order chi connectivity index (χ0) is 23.8. The Bertz CT molecular complexity index is 1380. The molecule has 0 aliphatic rings. The van der Waals surface area contributed by atoms with Gasteiger partial charge in [0.25, 0.3) is 5.91 Å². The second-order valence-corrected chi connectivity index (χ2v) is 16.0. The van der Waals surface area contributed by atoms with Crippen molar-refractivity contribution in [2.45, 2.75) is 32.2 Å². The van der Waals surface area contributed by atoms with Crippen molar-refractivity contribution in [1.29, 1.82) is 0 Å². The molecule has 3 heterocycles. The van der Waals surface area contributed by atoms with Gasteiger partial charge >= 0.3 is 0 Å². The number of hydrogen-bond donors (Lipinski definition) is 3. The third kappa shape index (κ3) is 5.19. The van der Waals surface area contributed by atoms with Gasteiger partial charge in [-0.25, -0.2) is 13.9 Å². The standard InChI is InChI=1S/C22H24ClFN4O3SSi/c1-33(2,3)8-7-32-22(30)15-10-13(24)9-14-18(23)17(31-19(14)15)12-26-21(29)16-11-27-28-6-4-5-25-20(16)28/h4-6,9-11,30,32H,7-8,12H2,1-3H3,(H,26,29). The molecule has 0 saturated heterocycles. The molecule has 1 aromatic carbocycles. The quantitative estimate of drug-likeness (QED) is 0.185. The fraction of sp³-hybridized carbons (Fsp3) is 0.273. The van der Waals surface area contributed by atoms with Crippen LogP contribution in [0.5, 0.6) is 0 Å². The van der Waals surface area contributed by atoms with E-state index in [2.05, 4.69) is 35.0 Å². The molecule has 4 aromatic rings. The van der Waals surface area contributed by atoms with E-state index in [4.69, 9.17) is 16.0 Å². The molecule has 0 aliphatic heterocycles. The molecule has 2 N–H and O–H groups in total. The van der Waals surface area contributed by atoms with Crippen LogP contribution in [-0.4, -0.2) is 44.5 Å². The first-order valence-corrected chi connectivity index (χ1v) is 15.5. The smallest absolute Gasteiger partial charge is 0.257 e. The molecule has 0 saturated carbocycles. The molecule has 1 amide bonds. The number of halogens is 2. The van der Waals surface area contributed by atoms with Gasteiger partial charge in [0.2, 0.25) is 0 Å². The third-order valence-electron chi connectivity index (χ3n) is 5.06. The minimum absolute atomic E-state index is 0.0221. The van der Waals surface area contributed by atoms with Crippen LogP contribution in [0, 0.1) is 5.82 Å². The number of benzene rings is 1. The highest BCUT2D eigenvalue weighted by molar-refractivity contribution is 7.98. The number of aromatic nitrogens is 3. The van der Waals surface area contributed by atoms with Crippen molar-refractivity contribution in [3.63, 3.8) is 0 Å². The molecular formula is C22H24ClFN4O3SSi. The summed E-state index contributed by atoms with van der Waals surface area (Å²) in [4.78, 5) is 16.8. The number of amides is 1. The summed E-state index contributed by atoms with van der Waals surface area (Å²) in [7, 11) is -1.26. The van der Waals surface area contributed by atoms with Crippen molar-refractivity contribution in [2.24, 2.45) is 0 Å². The SMILES string of the molecule is C[Si](C)(C)CC[SH]=C(O)c1cc(F)cc2c(Cl)c(CNC(=O)c3cnn4cccnc34)oc12. The first kappa shape index (κ1) is 23.6. The maximum absolute atomic E-state index is 14.3. The summed E-state index contributed by atoms with van der Waals surface area (Å²) in [6, 6.07) is 5.25. The number of aliphatic hydroxyl groups is 1. The molecule has 0 aliphatic carbocycles. The average molecular weight is 507 g/mol. The molecule has 0 fully saturated rings. The lowest BCUT2D eigenvalue weighted by atomic mass is 10.1. The summed E-state index contributed by atoms with van der Waals surface area (Å²) >= 11 is 7.15. The predicted molar refractivity (Wildman–Crippen MR) is 134 cm³/mol. The van der Waals surface area contributed by atoms with Gasteiger partial charge in [-0.15, -0.1) is 0 Å². The molecule has 4 rings (SSSR count). The van der Waals surface area contributed by atoms with Crippen LogP contribution in [-0.2, 0) is 6.54 Å². The van der Waals surface area contributed by atoms with E-state index in [0.29, 0.717) is 33.5 Å². The number of nitrogens with one attached hydrogen (secondary N) is 1. The minimum Gasteiger partial charge on any atom is -0.457 e. The van der Waals surface area contributed by atoms with Gasteiger partial charge < -0.3 is 14.8 Å². The van der Waals surface area contributed by atoms with Gasteiger partial charge in [-0.05, 0) is 30.0 Å². The highest BCUT2D eigenvalue weighted by Crippen LogP contribution is 2.34. The highest BCUT2D eigenvalue weighted by Gasteiger charge is 2.20. The van der Waals surface area contributed by atoms with Crippen LogP contribution in [0.1, 0.15) is 21.7 Å². The van der Waals surface area contributed by atoms with E-state index in [1.807, 2.05) is 0 Å². The predicted octanol–water partition coefficient (Wildman–Crippen LogP) is 5.04. The van der Waals surface area contributed by atoms with Crippen molar-refractivity contribution >= 4 is 58.6 Å². The molecule has 174 valence electrons. The Kier molecular flexibility index (Phi) is 6.71. The van der Waals surface area contributed by atoms with E-state index in [1.165, 1.54) is 22.8 Å². The molecule has 0 atom stereocenters. The largest absolute Gasteiger partial charge is 0.457 e. The van der Waals surface area contributed by atoms with Crippen LogP contribution in [0.15, 0.2) is 41.2 Å². The van der Waals surface area contributed by atoms with Crippen molar-refractivity contribution in [3.05, 3.63) is 64.5 Å². The fourth-order valence-corrected chi connectivity index (χ4v) is 7.21. The average Bonchev–Trinajstić information content (AvgIpc) is 3.32. The first-order valence-electron chi connectivity index (χ1n) is 10.3. The highest BCUT2D eigenvalue weighted by atomic mass is 35.5. The normalized spacial score (nSPS) is 12.8. The van der Waals surface area contributed by atoms with E-state index < -0.39 is 19.8 Å². The number of nitrogens with zero attached hydrogens (tertiary/aromatic N) is 3. The number of fused-ring (bicyclic) bond motifs is 2. The molecule has 3 aromatic heterocycles. The van der Waals surface area contributed by atoms with Gasteiger partial charge in [0, 0.05) is 25.9 Å². The monoisotopic (exact) mass is 506 g/mol. The molecule has 0 unspecified atom stereocenters. The zero-order valence-electron chi connectivity index (χ0n) is 18.4. The Morgan fingerprint density at radius 1 is 1.33 bits per heavy atom. The molecule has 0 bridgehead atoms. The van der Waals surface area contributed by atoms with E-state index in [0.717, 1.165) is 11.8 Å². The van der Waals surface area contributed by atoms with E-state index in [-0.39, 0.29) is 27.9 Å². The fourth-order valence-electron chi connectivity index (χ4n) is 3.29. The number of carbonyl (C=O) groups is 1. The summed E-state index contributed by atoms with van der Waals surface area (Å²) in [6.07, 6.45) is 4.70. The van der Waals surface area contributed by atoms with Crippen molar-refractivity contribution in [3.8, 4) is 0 Å². The minimum atomic E-state index is -1.26. The molecule has 7 nitrogen and oxygen atoms in total. The maximum atomic E-state index is 14.3. The molecule has 0 radical (unpaired) electrons. The Labute approximate surface area is 199 Å². The van der Waals surface area contributed by atoms with Gasteiger partial charge in [-0.2, -0.15) is 16.4 Å². The number of rotatable bonds is 7. The second kappa shape index (κ2) is 9.38. The Morgan fingerprint density at radius 3 is 2.88 bits per heavy atom. The Morgan fingerprint density at radius 2 is 2.12 bits per heavy atom. The first-order chi connectivity index (χ1) is 15.6. The van der Waals surface area contributed by atoms with Crippen molar-refractivity contribution < 1.29 is 18.7 Å². The van der Waals surface area contributed by atoms with E-state index in [9.17, 15) is 14.3 Å². The van der Waals surface area contributed by atoms with Gasteiger partial charge in [0.05, 0.1) is 23.3 Å². The van der Waals surface area contributed by atoms with Crippen LogP contribution in [0.3, 0.4) is 0 Å². The summed E-state index contributed by atoms with van der Waals surface area (Å²) in [5, 5.41) is 18.1. The maximum Gasteiger partial charge on any atom is 0.257 e. The lowest BCUT2D eigenvalue weighted by Crippen LogP contribution is -2.22. The van der Waals surface area contributed by atoms with Crippen LogP contribution >= 0.6 is 23.0 Å². The van der Waals surface area contributed by atoms with E-state index in [1.54, 1.807) is 18.5 Å². The topological polar surface area (TPSA) is 92.7 Å². The molecule has 11 heteroatoms. The van der Waals surface area contributed by atoms with Crippen molar-refractivity contribution in [2.75, 3.05) is 5.75 Å². The van der Waals surface area contributed by atoms with Gasteiger partial charge in [-0.3, -0.25) is 4.79 Å². The zero-order valence-corrected chi connectivity index (χ0v) is 21.0. The van der Waals surface area contributed by atoms with E-state index >= 15 is 0 Å². The number of thiol groups is 1. The third-order valence-corrected chi connectivity index (χ3v) is 8.63. The number of hydrogen-bond acceptors (Lipinski definition) is 4. The lowest BCUT2D eigenvalue weighted by molar-refractivity contribution is 0.0949. The van der Waals surface area contributed by atoms with Crippen LogP contribution in [0.2, 0.25) is 30.7 Å². The summed E-state index contributed by atoms with van der Waals surface area (Å²) < 4.78 is 21.7. The van der Waals surface area contributed by atoms with Crippen LogP contribution in [0.25, 0.3) is 16.6 Å². The van der Waals surface area contributed by atoms with Gasteiger partial charge in [0.1, 0.15) is 27.8 Å². The van der Waals surface area contributed by atoms with Crippen molar-refractivity contribution in [1.82, 2.24) is 19.9 Å². The number of furan rings is 1. The Balaban J connectivity index is 1.59. The Hall–Kier alpha value is -2.53. The lowest BCUT2D eigenvalue weighted by Gasteiger charge is -2.13. The van der Waals surface area contributed by atoms with Crippen LogP contribution in [0.4, 0.5) is 4.39 Å². The number of aliphatic hydroxyl groups excluding tert-OH is 1. The summed E-state index contributed by atoms with van der Waals surface area (Å²) in [5.74, 6) is 0.124. The van der Waals surface area contributed by atoms with Crippen LogP contribution < -0.4 is 5.32 Å². The molecule has 0 spiro atoms. The molecular weight excluding hydrogens is 483 g/mol. The summed E-state index contributed by atoms with van der Waals surface area (Å²) in [6.45, 7) is 6.76. The second-order valence-electron chi connectivity index (χ2n) is 8.81. The van der Waals surface area contributed by atoms with Gasteiger partial charge in [0.15, 0.2) is 5.65 Å². The van der Waals surface area contributed by atoms with Gasteiger partial charge in [-0.1, -0.05) is 31.2 Å².